The van der Waals surface area contributed by atoms with E-state index in [1.54, 1.807) is 217 Å². The number of Topliss-reactive ketones (excluding diaryl/α,β-unsaturated/α-hetero) is 7. The van der Waals surface area contributed by atoms with Gasteiger partial charge in [0.25, 0.3) is 0 Å². The van der Waals surface area contributed by atoms with Gasteiger partial charge in [-0.3, -0.25) is 71.9 Å². The number of hydrogen-bond donors (Lipinski definition) is 2. The van der Waals surface area contributed by atoms with Gasteiger partial charge >= 0.3 is 41.8 Å². The molecule has 27 heteroatoms. The number of amides is 2. The third-order valence-corrected chi connectivity index (χ3v) is 21.0. The Hall–Kier alpha value is -11.8. The van der Waals surface area contributed by atoms with Crippen molar-refractivity contribution in [2.75, 3.05) is 26.9 Å². The van der Waals surface area contributed by atoms with Crippen LogP contribution in [0.3, 0.4) is 0 Å². The Bertz CT molecular complexity index is 4480. The molecule has 0 spiro atoms. The van der Waals surface area contributed by atoms with Crippen molar-refractivity contribution < 1.29 is 119 Å². The minimum absolute atomic E-state index is 0.00516. The summed E-state index contributed by atoms with van der Waals surface area (Å²) in [5, 5.41) is 5.50. The maximum Gasteiger partial charge on any atom is 0.307 e. The molecule has 6 rings (SSSR count). The summed E-state index contributed by atoms with van der Waals surface area (Å²) < 4.78 is 50.0. The number of carbonyl (C=O) groups is 16. The van der Waals surface area contributed by atoms with E-state index < -0.39 is 237 Å². The fourth-order valence-electron chi connectivity index (χ4n) is 14.0. The first-order chi connectivity index (χ1) is 60.9. The number of rotatable bonds is 63. The van der Waals surface area contributed by atoms with Gasteiger partial charge in [0.05, 0.1) is 37.6 Å². The smallest absolute Gasteiger partial charge is 0.307 e. The van der Waals surface area contributed by atoms with Crippen molar-refractivity contribution >= 4 is 94.1 Å². The Kier molecular flexibility index (Phi) is 47.2. The monoisotopic (exact) mass is 1750 g/mol. The van der Waals surface area contributed by atoms with Crippen LogP contribution in [-0.4, -0.2) is 139 Å². The van der Waals surface area contributed by atoms with Gasteiger partial charge in [-0.15, -0.1) is 0 Å². The van der Waals surface area contributed by atoms with Crippen LogP contribution < -0.4 is 10.6 Å². The molecule has 0 unspecified atom stereocenters. The SMILES string of the molecule is COCCOCCCC(=O)[C@@H](CCC(=O)OCc1ccccc1)NC(=O)[C@H](CCC(=O)OCc1ccccc1)CC(=O)[C@H](CCC(=O)OCc1ccccc1)CC(=O)[C@H](CCC(=O)OCc1ccccc1)CC(=O)[C@H](CCC(=O)OCc1ccccc1)CC(=O)[C@H](CCC(=O)OCc1ccccc1)CC(=O)[C@@H](CC(C)C)NC(=O)[C@@H](CC(C)=O)CC(=O)OC(C)(C)C. The summed E-state index contributed by atoms with van der Waals surface area (Å²) in [7, 11) is 1.50. The second kappa shape index (κ2) is 57.7. The molecule has 0 aliphatic rings. The second-order valence-corrected chi connectivity index (χ2v) is 33.3. The third kappa shape index (κ3) is 43.8. The minimum Gasteiger partial charge on any atom is -0.461 e. The minimum atomic E-state index is -1.51. The number of nitrogens with one attached hydrogen (secondary N) is 2. The zero-order chi connectivity index (χ0) is 92.3. The molecular formula is C100H124N2O25. The van der Waals surface area contributed by atoms with Crippen molar-refractivity contribution in [2.24, 2.45) is 41.4 Å². The lowest BCUT2D eigenvalue weighted by Crippen LogP contribution is -2.46. The summed E-state index contributed by atoms with van der Waals surface area (Å²) in [4.78, 5) is 230. The summed E-state index contributed by atoms with van der Waals surface area (Å²) in [5.41, 5.74) is 2.90. The largest absolute Gasteiger partial charge is 0.461 e. The van der Waals surface area contributed by atoms with E-state index in [0.29, 0.717) is 33.4 Å². The van der Waals surface area contributed by atoms with Gasteiger partial charge in [0, 0.05) is 127 Å². The van der Waals surface area contributed by atoms with Gasteiger partial charge in [-0.25, -0.2) is 0 Å². The van der Waals surface area contributed by atoms with E-state index >= 15 is 28.8 Å². The maximum absolute atomic E-state index is 15.8. The van der Waals surface area contributed by atoms with E-state index in [9.17, 15) is 47.9 Å². The zero-order valence-corrected chi connectivity index (χ0v) is 74.1. The fourth-order valence-corrected chi connectivity index (χ4v) is 14.0. The van der Waals surface area contributed by atoms with Gasteiger partial charge in [0.15, 0.2) is 11.6 Å². The van der Waals surface area contributed by atoms with Crippen molar-refractivity contribution in [3.63, 3.8) is 0 Å². The van der Waals surface area contributed by atoms with Crippen LogP contribution in [0.25, 0.3) is 0 Å². The predicted molar refractivity (Wildman–Crippen MR) is 468 cm³/mol. The van der Waals surface area contributed by atoms with Crippen molar-refractivity contribution in [3.8, 4) is 0 Å². The summed E-state index contributed by atoms with van der Waals surface area (Å²) in [6.45, 7) is 9.43. The summed E-state index contributed by atoms with van der Waals surface area (Å²) in [5.74, 6) is -20.7. The van der Waals surface area contributed by atoms with Crippen molar-refractivity contribution in [1.29, 1.82) is 0 Å². The molecule has 0 aliphatic heterocycles. The van der Waals surface area contributed by atoms with Gasteiger partial charge < -0.3 is 58.1 Å². The van der Waals surface area contributed by atoms with Gasteiger partial charge in [-0.2, -0.15) is 0 Å². The van der Waals surface area contributed by atoms with Crippen LogP contribution in [0.15, 0.2) is 182 Å². The molecule has 0 bridgehead atoms. The maximum atomic E-state index is 15.8. The molecule has 8 atom stereocenters. The Labute approximate surface area is 744 Å². The van der Waals surface area contributed by atoms with Crippen molar-refractivity contribution in [2.45, 2.75) is 240 Å². The highest BCUT2D eigenvalue weighted by Gasteiger charge is 2.38. The van der Waals surface area contributed by atoms with Crippen molar-refractivity contribution in [3.05, 3.63) is 215 Å². The molecule has 0 heterocycles. The molecule has 0 saturated heterocycles. The zero-order valence-electron chi connectivity index (χ0n) is 74.1. The number of esters is 7. The highest BCUT2D eigenvalue weighted by atomic mass is 16.6. The Morgan fingerprint density at radius 1 is 0.299 bits per heavy atom. The quantitative estimate of drug-likeness (QED) is 0.0203. The fraction of sp³-hybridized carbons (Fsp3) is 0.480. The Balaban J connectivity index is 1.41. The molecule has 6 aromatic rings. The molecule has 6 aromatic carbocycles. The molecule has 0 radical (unpaired) electrons. The average molecular weight is 1750 g/mol. The first-order valence-corrected chi connectivity index (χ1v) is 43.6. The van der Waals surface area contributed by atoms with Crippen LogP contribution in [0, 0.1) is 41.4 Å². The highest BCUT2D eigenvalue weighted by molar-refractivity contribution is 5.99. The number of benzene rings is 6. The number of carbonyl (C=O) groups excluding carboxylic acids is 16. The molecule has 0 saturated carbocycles. The molecule has 27 nitrogen and oxygen atoms in total. The lowest BCUT2D eigenvalue weighted by Gasteiger charge is -2.26. The average Bonchev–Trinajstić information content (AvgIpc) is 0.852. The van der Waals surface area contributed by atoms with Gasteiger partial charge in [0.2, 0.25) is 11.8 Å². The Morgan fingerprint density at radius 2 is 0.583 bits per heavy atom. The van der Waals surface area contributed by atoms with E-state index in [0.717, 1.165) is 0 Å². The third-order valence-electron chi connectivity index (χ3n) is 21.0. The van der Waals surface area contributed by atoms with Crippen molar-refractivity contribution in [1.82, 2.24) is 10.6 Å². The van der Waals surface area contributed by atoms with Gasteiger partial charge in [-0.05, 0) is 118 Å². The number of ketones is 7. The standard InChI is InChI=1S/C100H124N2O25/c1-69(2)55-84(102-99(118)82(56-70(3)103)62-97(116)127-100(4,5)6)90(109)60-80(43-49-94(113)124-66-74-33-20-11-21-34-74)88(107)58-78(41-47-92(111)122-64-72-29-16-9-17-30-72)86(105)57-77(40-46-91(110)121-63-71-27-14-8-15-28-71)87(106)59-79(42-48-93(112)123-65-73-31-18-10-19-32-73)89(108)61-81(44-50-95(114)125-67-75-35-22-12-23-36-75)98(117)101-83(85(104)39-26-52-120-54-53-119-7)45-51-96(115)126-68-76-37-24-13-25-38-76/h8-25,27-38,69,77-84H,26,39-68H2,1-7H3,(H,101,117)(H,102,118)/t77-,78-,79-,80-,81-,82+,83-,84-/m1/s1. The van der Waals surface area contributed by atoms with E-state index in [-0.39, 0.29) is 117 Å². The molecule has 0 aromatic heterocycles. The molecule has 684 valence electrons. The molecule has 0 aliphatic carbocycles. The second-order valence-electron chi connectivity index (χ2n) is 33.3. The topological polar surface area (TPSA) is 380 Å². The lowest BCUT2D eigenvalue weighted by atomic mass is 9.78. The van der Waals surface area contributed by atoms with Gasteiger partial charge in [-0.1, -0.05) is 196 Å². The summed E-state index contributed by atoms with van der Waals surface area (Å²) >= 11 is 0. The Morgan fingerprint density at radius 3 is 0.882 bits per heavy atom. The van der Waals surface area contributed by atoms with Crippen LogP contribution >= 0.6 is 0 Å². The number of ether oxygens (including phenoxy) is 9. The van der Waals surface area contributed by atoms with E-state index in [1.165, 1.54) is 14.0 Å². The molecular weight excluding hydrogens is 1630 g/mol. The van der Waals surface area contributed by atoms with Crippen LogP contribution in [0.1, 0.15) is 216 Å². The first kappa shape index (κ1) is 104. The molecule has 2 amide bonds. The molecule has 127 heavy (non-hydrogen) atoms. The summed E-state index contributed by atoms with van der Waals surface area (Å²) in [6.07, 6.45) is -9.31. The van der Waals surface area contributed by atoms with Crippen LogP contribution in [0.5, 0.6) is 0 Å². The molecule has 2 N–H and O–H groups in total. The molecule has 0 fully saturated rings. The number of methoxy groups -OCH3 is 1. The van der Waals surface area contributed by atoms with E-state index in [4.69, 9.17) is 42.6 Å². The predicted octanol–water partition coefficient (Wildman–Crippen LogP) is 14.4. The summed E-state index contributed by atoms with van der Waals surface area (Å²) in [6, 6.07) is 49.7. The van der Waals surface area contributed by atoms with E-state index in [2.05, 4.69) is 10.6 Å². The van der Waals surface area contributed by atoms with E-state index in [1.807, 2.05) is 0 Å². The number of hydrogen-bond acceptors (Lipinski definition) is 25. The van der Waals surface area contributed by atoms with Crippen LogP contribution in [-0.2, 0) is 159 Å². The lowest BCUT2D eigenvalue weighted by molar-refractivity contribution is -0.158. The van der Waals surface area contributed by atoms with Gasteiger partial charge in [0.1, 0.15) is 74.2 Å². The van der Waals surface area contributed by atoms with Crippen LogP contribution in [0.2, 0.25) is 0 Å². The first-order valence-electron chi connectivity index (χ1n) is 43.6. The highest BCUT2D eigenvalue weighted by Crippen LogP contribution is 2.31. The normalized spacial score (nSPS) is 13.1. The van der Waals surface area contributed by atoms with Crippen LogP contribution in [0.4, 0.5) is 0 Å².